The summed E-state index contributed by atoms with van der Waals surface area (Å²) >= 11 is 7.16. The Bertz CT molecular complexity index is 749. The number of imide groups is 1. The number of carbonyl (C=O) groups excluding carboxylic acids is 2. The molecule has 1 aromatic heterocycles. The van der Waals surface area contributed by atoms with Crippen molar-refractivity contribution < 1.29 is 9.59 Å². The molecule has 1 aromatic carbocycles. The summed E-state index contributed by atoms with van der Waals surface area (Å²) in [5.74, 6) is -0.485. The first-order valence-electron chi connectivity index (χ1n) is 7.56. The molecular formula is C15H16ClN5O2S. The lowest BCUT2D eigenvalue weighted by atomic mass is 10.2. The zero-order chi connectivity index (χ0) is 17.1. The van der Waals surface area contributed by atoms with Crippen molar-refractivity contribution in [3.05, 3.63) is 34.9 Å². The van der Waals surface area contributed by atoms with E-state index >= 15 is 0 Å². The topological polar surface area (TPSA) is 81.0 Å². The third kappa shape index (κ3) is 3.59. The number of aromatic nitrogens is 4. The highest BCUT2D eigenvalue weighted by Crippen LogP contribution is 2.29. The van der Waals surface area contributed by atoms with Gasteiger partial charge >= 0.3 is 0 Å². The predicted molar refractivity (Wildman–Crippen MR) is 89.8 cm³/mol. The van der Waals surface area contributed by atoms with Crippen molar-refractivity contribution in [2.24, 2.45) is 7.05 Å². The summed E-state index contributed by atoms with van der Waals surface area (Å²) in [6.45, 7) is 0.425. The Kier molecular flexibility index (Phi) is 5.15. The minimum atomic E-state index is -0.367. The van der Waals surface area contributed by atoms with Gasteiger partial charge in [-0.2, -0.15) is 0 Å². The van der Waals surface area contributed by atoms with Gasteiger partial charge < -0.3 is 0 Å². The summed E-state index contributed by atoms with van der Waals surface area (Å²) in [6.07, 6.45) is 2.36. The summed E-state index contributed by atoms with van der Waals surface area (Å²) in [7, 11) is 1.72. The minimum Gasteiger partial charge on any atom is -0.278 e. The zero-order valence-corrected chi connectivity index (χ0v) is 14.6. The van der Waals surface area contributed by atoms with Crippen molar-refractivity contribution in [3.8, 4) is 0 Å². The highest BCUT2D eigenvalue weighted by molar-refractivity contribution is 8.00. The maximum atomic E-state index is 12.8. The van der Waals surface area contributed by atoms with Crippen LogP contribution in [0.25, 0.3) is 0 Å². The van der Waals surface area contributed by atoms with E-state index in [1.807, 2.05) is 0 Å². The number of rotatable bonds is 3. The Labute approximate surface area is 148 Å². The van der Waals surface area contributed by atoms with Crippen molar-refractivity contribution in [2.45, 2.75) is 29.7 Å². The molecule has 9 heteroatoms. The Balaban J connectivity index is 1.79. The summed E-state index contributed by atoms with van der Waals surface area (Å²) in [5.41, 5.74) is 0.457. The third-order valence-electron chi connectivity index (χ3n) is 3.80. The fraction of sp³-hybridized carbons (Fsp3) is 0.400. The molecule has 1 aliphatic rings. The van der Waals surface area contributed by atoms with Gasteiger partial charge in [-0.1, -0.05) is 29.8 Å². The molecule has 0 bridgehead atoms. The number of amides is 2. The molecule has 0 saturated carbocycles. The van der Waals surface area contributed by atoms with Gasteiger partial charge in [0.1, 0.15) is 0 Å². The Hall–Kier alpha value is -1.93. The number of thioether (sulfide) groups is 1. The van der Waals surface area contributed by atoms with Gasteiger partial charge in [-0.3, -0.25) is 14.5 Å². The molecule has 7 nitrogen and oxygen atoms in total. The molecule has 1 saturated heterocycles. The van der Waals surface area contributed by atoms with Gasteiger partial charge in [0, 0.05) is 24.2 Å². The third-order valence-corrected chi connectivity index (χ3v) is 5.34. The van der Waals surface area contributed by atoms with Crippen LogP contribution in [0.3, 0.4) is 0 Å². The van der Waals surface area contributed by atoms with E-state index in [9.17, 15) is 9.59 Å². The molecule has 1 atom stereocenters. The van der Waals surface area contributed by atoms with Crippen LogP contribution in [0.5, 0.6) is 0 Å². The quantitative estimate of drug-likeness (QED) is 0.775. The average Bonchev–Trinajstić information content (AvgIpc) is 2.88. The number of tetrazole rings is 1. The van der Waals surface area contributed by atoms with E-state index in [4.69, 9.17) is 11.6 Å². The second kappa shape index (κ2) is 7.31. The first-order valence-corrected chi connectivity index (χ1v) is 8.82. The Morgan fingerprint density at radius 2 is 2.04 bits per heavy atom. The molecule has 0 unspecified atom stereocenters. The van der Waals surface area contributed by atoms with Gasteiger partial charge in [-0.15, -0.1) is 5.10 Å². The minimum absolute atomic E-state index is 0.194. The molecule has 1 fully saturated rings. The van der Waals surface area contributed by atoms with Crippen LogP contribution in [-0.2, 0) is 11.8 Å². The average molecular weight is 366 g/mol. The Morgan fingerprint density at radius 3 is 2.71 bits per heavy atom. The lowest BCUT2D eigenvalue weighted by Gasteiger charge is -2.22. The SMILES string of the molecule is Cn1nnnc1S[C@H]1CCCCN(C(=O)c2ccc(Cl)cc2)C1=O. The number of likely N-dealkylation sites (tertiary alicyclic amines) is 1. The number of nitrogens with zero attached hydrogens (tertiary/aromatic N) is 5. The number of hydrogen-bond donors (Lipinski definition) is 0. The van der Waals surface area contributed by atoms with Crippen LogP contribution in [0.2, 0.25) is 5.02 Å². The molecule has 3 rings (SSSR count). The number of benzene rings is 1. The molecule has 0 N–H and O–H groups in total. The number of carbonyl (C=O) groups is 2. The lowest BCUT2D eigenvalue weighted by Crippen LogP contribution is -2.41. The standard InChI is InChI=1S/C15H16ClN5O2S/c1-20-15(17-18-19-20)24-12-4-2-3-9-21(14(12)23)13(22)10-5-7-11(16)8-6-10/h5-8,12H,2-4,9H2,1H3/t12-/m0/s1. The zero-order valence-electron chi connectivity index (χ0n) is 13.1. The largest absolute Gasteiger partial charge is 0.278 e. The summed E-state index contributed by atoms with van der Waals surface area (Å²) in [6, 6.07) is 6.57. The maximum absolute atomic E-state index is 12.8. The van der Waals surface area contributed by atoms with E-state index in [0.29, 0.717) is 28.7 Å². The van der Waals surface area contributed by atoms with E-state index in [1.54, 1.807) is 31.3 Å². The highest BCUT2D eigenvalue weighted by atomic mass is 35.5. The number of aryl methyl sites for hydroxylation is 1. The number of halogens is 1. The molecule has 2 aromatic rings. The van der Waals surface area contributed by atoms with E-state index in [2.05, 4.69) is 15.5 Å². The molecule has 2 amide bonds. The smallest absolute Gasteiger partial charge is 0.260 e. The maximum Gasteiger partial charge on any atom is 0.260 e. The van der Waals surface area contributed by atoms with Crippen LogP contribution in [0.1, 0.15) is 29.6 Å². The molecule has 0 spiro atoms. The normalized spacial score (nSPS) is 18.5. The highest BCUT2D eigenvalue weighted by Gasteiger charge is 2.33. The van der Waals surface area contributed by atoms with Gasteiger partial charge in [-0.25, -0.2) is 4.68 Å². The Morgan fingerprint density at radius 1 is 1.29 bits per heavy atom. The summed E-state index contributed by atoms with van der Waals surface area (Å²) in [4.78, 5) is 26.9. The van der Waals surface area contributed by atoms with E-state index in [-0.39, 0.29) is 17.1 Å². The molecule has 2 heterocycles. The van der Waals surface area contributed by atoms with Crippen LogP contribution in [0.4, 0.5) is 0 Å². The van der Waals surface area contributed by atoms with E-state index < -0.39 is 0 Å². The van der Waals surface area contributed by atoms with Crippen LogP contribution in [0.15, 0.2) is 29.4 Å². The van der Waals surface area contributed by atoms with Crippen LogP contribution < -0.4 is 0 Å². The lowest BCUT2D eigenvalue weighted by molar-refractivity contribution is -0.127. The summed E-state index contributed by atoms with van der Waals surface area (Å²) < 4.78 is 1.52. The van der Waals surface area contributed by atoms with Crippen LogP contribution >= 0.6 is 23.4 Å². The molecule has 24 heavy (non-hydrogen) atoms. The second-order valence-electron chi connectivity index (χ2n) is 5.49. The van der Waals surface area contributed by atoms with Crippen LogP contribution in [0, 0.1) is 0 Å². The second-order valence-corrected chi connectivity index (χ2v) is 7.10. The fourth-order valence-electron chi connectivity index (χ4n) is 2.51. The van der Waals surface area contributed by atoms with Crippen molar-refractivity contribution in [2.75, 3.05) is 6.54 Å². The molecule has 0 radical (unpaired) electrons. The van der Waals surface area contributed by atoms with Gasteiger partial charge in [0.15, 0.2) is 0 Å². The number of hydrogen-bond acceptors (Lipinski definition) is 6. The monoisotopic (exact) mass is 365 g/mol. The molecule has 0 aliphatic carbocycles. The van der Waals surface area contributed by atoms with Gasteiger partial charge in [-0.05, 0) is 47.5 Å². The van der Waals surface area contributed by atoms with E-state index in [0.717, 1.165) is 12.8 Å². The first kappa shape index (κ1) is 16.9. The first-order chi connectivity index (χ1) is 11.6. The van der Waals surface area contributed by atoms with E-state index in [1.165, 1.54) is 21.3 Å². The van der Waals surface area contributed by atoms with Gasteiger partial charge in [0.2, 0.25) is 11.1 Å². The van der Waals surface area contributed by atoms with Crippen molar-refractivity contribution in [3.63, 3.8) is 0 Å². The molecule has 1 aliphatic heterocycles. The molecular weight excluding hydrogens is 350 g/mol. The molecule has 126 valence electrons. The predicted octanol–water partition coefficient (Wildman–Crippen LogP) is 2.18. The van der Waals surface area contributed by atoms with Crippen LogP contribution in [-0.4, -0.2) is 48.7 Å². The fourth-order valence-corrected chi connectivity index (χ4v) is 3.68. The van der Waals surface area contributed by atoms with Gasteiger partial charge in [0.25, 0.3) is 5.91 Å². The van der Waals surface area contributed by atoms with Gasteiger partial charge in [0.05, 0.1) is 5.25 Å². The van der Waals surface area contributed by atoms with Crippen molar-refractivity contribution in [1.29, 1.82) is 0 Å². The summed E-state index contributed by atoms with van der Waals surface area (Å²) in [5, 5.41) is 12.0. The van der Waals surface area contributed by atoms with Crippen molar-refractivity contribution >= 4 is 35.2 Å². The van der Waals surface area contributed by atoms with Crippen molar-refractivity contribution in [1.82, 2.24) is 25.1 Å².